The van der Waals surface area contributed by atoms with Gasteiger partial charge in [-0.2, -0.15) is 15.0 Å². The Labute approximate surface area is 263 Å². The molecule has 0 saturated heterocycles. The highest BCUT2D eigenvalue weighted by Gasteiger charge is 2.22. The summed E-state index contributed by atoms with van der Waals surface area (Å²) in [6.45, 7) is 5.85. The third-order valence-electron chi connectivity index (χ3n) is 7.28. The van der Waals surface area contributed by atoms with Gasteiger partial charge in [-0.15, -0.1) is 0 Å². The smallest absolute Gasteiger partial charge is 0.313 e. The van der Waals surface area contributed by atoms with Crippen molar-refractivity contribution in [3.05, 3.63) is 126 Å². The van der Waals surface area contributed by atoms with E-state index in [2.05, 4.69) is 11.2 Å². The second-order valence-corrected chi connectivity index (χ2v) is 11.0. The van der Waals surface area contributed by atoms with E-state index < -0.39 is 16.2 Å². The van der Waals surface area contributed by atoms with Gasteiger partial charge in [-0.05, 0) is 60.4 Å². The minimum atomic E-state index is -0.613. The van der Waals surface area contributed by atoms with Crippen molar-refractivity contribution in [3.8, 4) is 29.0 Å². The number of hydrogen-bond donors (Lipinski definition) is 0. The highest BCUT2D eigenvalue weighted by molar-refractivity contribution is 6.31. The molecule has 5 rings (SSSR count). The van der Waals surface area contributed by atoms with E-state index in [4.69, 9.17) is 26.1 Å². The topological polar surface area (TPSA) is 133 Å². The van der Waals surface area contributed by atoms with E-state index in [1.165, 1.54) is 23.0 Å². The van der Waals surface area contributed by atoms with Crippen LogP contribution >= 0.6 is 11.6 Å². The molecule has 0 spiro atoms. The van der Waals surface area contributed by atoms with Gasteiger partial charge in [0.1, 0.15) is 12.4 Å². The number of nitriles is 1. The third kappa shape index (κ3) is 6.25. The van der Waals surface area contributed by atoms with Gasteiger partial charge in [0.2, 0.25) is 5.75 Å². The minimum absolute atomic E-state index is 0.0738. The molecule has 0 amide bonds. The van der Waals surface area contributed by atoms with Gasteiger partial charge >= 0.3 is 5.69 Å². The van der Waals surface area contributed by atoms with Gasteiger partial charge in [-0.1, -0.05) is 55.8 Å². The number of nitrogens with zero attached hydrogens (tertiary/aromatic N) is 5. The number of nitro groups is 1. The molecule has 0 aliphatic carbocycles. The van der Waals surface area contributed by atoms with E-state index in [-0.39, 0.29) is 34.7 Å². The zero-order chi connectivity index (χ0) is 32.2. The van der Waals surface area contributed by atoms with Gasteiger partial charge < -0.3 is 9.47 Å². The van der Waals surface area contributed by atoms with Crippen LogP contribution in [0.15, 0.2) is 82.7 Å². The second-order valence-electron chi connectivity index (χ2n) is 10.5. The molecule has 0 unspecified atom stereocenters. The molecule has 0 atom stereocenters. The summed E-state index contributed by atoms with van der Waals surface area (Å²) in [5.74, 6) is 0.989. The van der Waals surface area contributed by atoms with Crippen LogP contribution < -0.4 is 15.0 Å². The number of nitro benzene ring substituents is 1. The lowest BCUT2D eigenvalue weighted by Crippen LogP contribution is -2.21. The average molecular weight is 622 g/mol. The molecular formula is C34H28ClN5O5. The van der Waals surface area contributed by atoms with E-state index in [0.29, 0.717) is 27.6 Å². The van der Waals surface area contributed by atoms with Crippen molar-refractivity contribution in [1.82, 2.24) is 9.66 Å². The van der Waals surface area contributed by atoms with Crippen LogP contribution in [0.5, 0.6) is 11.5 Å². The van der Waals surface area contributed by atoms with E-state index in [9.17, 15) is 20.2 Å². The van der Waals surface area contributed by atoms with Crippen LogP contribution in [0.1, 0.15) is 47.6 Å². The first kappa shape index (κ1) is 30.9. The zero-order valence-corrected chi connectivity index (χ0v) is 25.7. The van der Waals surface area contributed by atoms with Crippen LogP contribution in [0.3, 0.4) is 0 Å². The first-order valence-corrected chi connectivity index (χ1v) is 14.3. The highest BCUT2D eigenvalue weighted by atomic mass is 35.5. The predicted octanol–water partition coefficient (Wildman–Crippen LogP) is 7.40. The lowest BCUT2D eigenvalue weighted by molar-refractivity contribution is -0.385. The Balaban J connectivity index is 1.70. The van der Waals surface area contributed by atoms with E-state index >= 15 is 0 Å². The van der Waals surface area contributed by atoms with Gasteiger partial charge in [0.15, 0.2) is 5.82 Å². The summed E-state index contributed by atoms with van der Waals surface area (Å²) in [5.41, 5.74) is 3.13. The van der Waals surface area contributed by atoms with Gasteiger partial charge in [0.05, 0.1) is 40.8 Å². The molecule has 0 bridgehead atoms. The van der Waals surface area contributed by atoms with Crippen molar-refractivity contribution in [2.45, 2.75) is 33.3 Å². The molecule has 10 nitrogen and oxygen atoms in total. The fourth-order valence-electron chi connectivity index (χ4n) is 4.99. The summed E-state index contributed by atoms with van der Waals surface area (Å²) in [4.78, 5) is 30.2. The molecule has 11 heteroatoms. The van der Waals surface area contributed by atoms with Crippen LogP contribution in [-0.2, 0) is 6.61 Å². The van der Waals surface area contributed by atoms with E-state index in [1.807, 2.05) is 32.9 Å². The quantitative estimate of drug-likeness (QED) is 0.0951. The Bertz CT molecular complexity index is 2080. The summed E-state index contributed by atoms with van der Waals surface area (Å²) in [6, 6.07) is 22.3. The van der Waals surface area contributed by atoms with E-state index in [1.54, 1.807) is 55.6 Å². The average Bonchev–Trinajstić information content (AvgIpc) is 3.03. The number of aryl methyl sites for hydroxylation is 1. The Kier molecular flexibility index (Phi) is 8.93. The molecule has 1 aromatic heterocycles. The van der Waals surface area contributed by atoms with Gasteiger partial charge in [-0.3, -0.25) is 14.9 Å². The number of benzene rings is 4. The lowest BCUT2D eigenvalue weighted by Gasteiger charge is -2.17. The number of hydrogen-bond acceptors (Lipinski definition) is 8. The first-order valence-electron chi connectivity index (χ1n) is 14.0. The molecule has 45 heavy (non-hydrogen) atoms. The summed E-state index contributed by atoms with van der Waals surface area (Å²) >= 11 is 6.29. The Hall–Kier alpha value is -5.53. The molecule has 1 heterocycles. The second kappa shape index (κ2) is 13.0. The van der Waals surface area contributed by atoms with Crippen molar-refractivity contribution < 1.29 is 14.4 Å². The van der Waals surface area contributed by atoms with Crippen LogP contribution in [0.4, 0.5) is 5.69 Å². The summed E-state index contributed by atoms with van der Waals surface area (Å²) in [6.07, 6.45) is 1.29. The molecule has 0 radical (unpaired) electrons. The highest BCUT2D eigenvalue weighted by Crippen LogP contribution is 2.36. The number of halogens is 1. The molecule has 0 saturated carbocycles. The maximum absolute atomic E-state index is 13.9. The fourth-order valence-corrected chi connectivity index (χ4v) is 5.21. The molecule has 0 N–H and O–H groups in total. The van der Waals surface area contributed by atoms with Crippen molar-refractivity contribution in [2.24, 2.45) is 5.10 Å². The standard InChI is InChI=1S/C34H28ClN5O5/c1-20(2)27-16-28(21(3)13-31(27)44-4)33-38-29-12-8-7-11-26(29)34(41)39(33)37-18-24-14-25(35)15-30(40(42)43)32(24)45-19-23-10-6-5-9-22(23)17-36/h5-16,18,20H,19H2,1-4H3. The summed E-state index contributed by atoms with van der Waals surface area (Å²) in [7, 11) is 1.61. The van der Waals surface area contributed by atoms with Crippen LogP contribution in [0.25, 0.3) is 22.3 Å². The molecule has 4 aromatic carbocycles. The Morgan fingerprint density at radius 1 is 1.13 bits per heavy atom. The number of ether oxygens (including phenoxy) is 2. The number of aromatic nitrogens is 2. The Morgan fingerprint density at radius 3 is 2.58 bits per heavy atom. The van der Waals surface area contributed by atoms with E-state index in [0.717, 1.165) is 16.9 Å². The summed E-state index contributed by atoms with van der Waals surface area (Å²) in [5, 5.41) is 26.5. The molecule has 0 fully saturated rings. The third-order valence-corrected chi connectivity index (χ3v) is 7.49. The Morgan fingerprint density at radius 2 is 1.87 bits per heavy atom. The van der Waals surface area contributed by atoms with Crippen LogP contribution in [0, 0.1) is 28.4 Å². The molecule has 0 aliphatic rings. The number of para-hydroxylation sites is 1. The minimum Gasteiger partial charge on any atom is -0.496 e. The van der Waals surface area contributed by atoms with Crippen LogP contribution in [-0.4, -0.2) is 27.9 Å². The number of fused-ring (bicyclic) bond motifs is 1. The predicted molar refractivity (Wildman–Crippen MR) is 173 cm³/mol. The zero-order valence-electron chi connectivity index (χ0n) is 24.9. The van der Waals surface area contributed by atoms with Gasteiger partial charge in [-0.25, -0.2) is 4.98 Å². The molecule has 0 aliphatic heterocycles. The molecule has 5 aromatic rings. The number of methoxy groups -OCH3 is 1. The maximum atomic E-state index is 13.9. The summed E-state index contributed by atoms with van der Waals surface area (Å²) < 4.78 is 12.7. The fraction of sp³-hybridized carbons (Fsp3) is 0.176. The monoisotopic (exact) mass is 621 g/mol. The normalized spacial score (nSPS) is 11.2. The molecular weight excluding hydrogens is 594 g/mol. The largest absolute Gasteiger partial charge is 0.496 e. The van der Waals surface area contributed by atoms with Gasteiger partial charge in [0, 0.05) is 27.8 Å². The van der Waals surface area contributed by atoms with Crippen molar-refractivity contribution in [3.63, 3.8) is 0 Å². The lowest BCUT2D eigenvalue weighted by atomic mass is 9.96. The SMILES string of the molecule is COc1cc(C)c(-c2nc3ccccc3c(=O)n2N=Cc2cc(Cl)cc([N+](=O)[O-])c2OCc2ccccc2C#N)cc1C(C)C. The first-order chi connectivity index (χ1) is 21.6. The number of rotatable bonds is 9. The van der Waals surface area contributed by atoms with Crippen LogP contribution in [0.2, 0.25) is 5.02 Å². The van der Waals surface area contributed by atoms with Crippen molar-refractivity contribution >= 4 is 34.4 Å². The molecule has 226 valence electrons. The maximum Gasteiger partial charge on any atom is 0.313 e. The van der Waals surface area contributed by atoms with Crippen molar-refractivity contribution in [2.75, 3.05) is 7.11 Å². The van der Waals surface area contributed by atoms with Crippen molar-refractivity contribution in [1.29, 1.82) is 5.26 Å². The van der Waals surface area contributed by atoms with Gasteiger partial charge in [0.25, 0.3) is 5.56 Å².